The van der Waals surface area contributed by atoms with E-state index >= 15 is 0 Å². The lowest BCUT2D eigenvalue weighted by molar-refractivity contribution is 0.0587. The summed E-state index contributed by atoms with van der Waals surface area (Å²) in [5, 5.41) is 12.5. The Bertz CT molecular complexity index is 412. The first-order valence-electron chi connectivity index (χ1n) is 5.62. The second-order valence-electron chi connectivity index (χ2n) is 3.96. The van der Waals surface area contributed by atoms with Gasteiger partial charge in [-0.2, -0.15) is 0 Å². The Morgan fingerprint density at radius 2 is 2.39 bits per heavy atom. The van der Waals surface area contributed by atoms with E-state index in [4.69, 9.17) is 16.3 Å². The largest absolute Gasteiger partial charge is 0.391 e. The van der Waals surface area contributed by atoms with Crippen LogP contribution in [0.25, 0.3) is 0 Å². The third-order valence-electron chi connectivity index (χ3n) is 2.36. The molecule has 1 aromatic heterocycles. The molecule has 0 aromatic carbocycles. The van der Waals surface area contributed by atoms with E-state index < -0.39 is 6.10 Å². The van der Waals surface area contributed by atoms with Crippen LogP contribution in [0.3, 0.4) is 0 Å². The minimum absolute atomic E-state index is 0.253. The van der Waals surface area contributed by atoms with Gasteiger partial charge < -0.3 is 15.2 Å². The zero-order valence-corrected chi connectivity index (χ0v) is 11.2. The van der Waals surface area contributed by atoms with Gasteiger partial charge in [0.2, 0.25) is 0 Å². The fourth-order valence-electron chi connectivity index (χ4n) is 1.42. The van der Waals surface area contributed by atoms with Gasteiger partial charge in [-0.15, -0.1) is 0 Å². The lowest BCUT2D eigenvalue weighted by Crippen LogP contribution is -2.28. The summed E-state index contributed by atoms with van der Waals surface area (Å²) < 4.78 is 4.78. The first-order valence-corrected chi connectivity index (χ1v) is 5.99. The highest BCUT2D eigenvalue weighted by Crippen LogP contribution is 2.15. The van der Waals surface area contributed by atoms with E-state index in [9.17, 15) is 9.90 Å². The van der Waals surface area contributed by atoms with Crippen molar-refractivity contribution >= 4 is 17.5 Å². The van der Waals surface area contributed by atoms with Gasteiger partial charge in [-0.3, -0.25) is 9.78 Å². The smallest absolute Gasteiger partial charge is 0.254 e. The van der Waals surface area contributed by atoms with E-state index in [0.29, 0.717) is 23.6 Å². The molecule has 0 saturated carbocycles. The van der Waals surface area contributed by atoms with Crippen LogP contribution in [0, 0.1) is 6.92 Å². The summed E-state index contributed by atoms with van der Waals surface area (Å²) in [5.41, 5.74) is 1.09. The number of amides is 1. The van der Waals surface area contributed by atoms with Crippen molar-refractivity contribution in [1.82, 2.24) is 10.3 Å². The van der Waals surface area contributed by atoms with E-state index in [1.54, 1.807) is 13.0 Å². The molecule has 1 amide bonds. The maximum atomic E-state index is 11.8. The molecule has 0 aliphatic rings. The van der Waals surface area contributed by atoms with Gasteiger partial charge in [0.1, 0.15) is 0 Å². The number of rotatable bonds is 6. The molecule has 1 aromatic rings. The molecule has 0 saturated heterocycles. The van der Waals surface area contributed by atoms with Crippen LogP contribution in [-0.4, -0.2) is 42.4 Å². The van der Waals surface area contributed by atoms with Gasteiger partial charge in [0.15, 0.2) is 0 Å². The molecule has 18 heavy (non-hydrogen) atoms. The van der Waals surface area contributed by atoms with Crippen LogP contribution in [0.1, 0.15) is 22.5 Å². The number of aromatic nitrogens is 1. The number of aliphatic hydroxyl groups is 1. The lowest BCUT2D eigenvalue weighted by atomic mass is 10.2. The first kappa shape index (κ1) is 14.9. The molecule has 1 atom stereocenters. The Morgan fingerprint density at radius 1 is 1.67 bits per heavy atom. The van der Waals surface area contributed by atoms with Crippen molar-refractivity contribution in [2.24, 2.45) is 0 Å². The van der Waals surface area contributed by atoms with Crippen molar-refractivity contribution in [3.05, 3.63) is 28.5 Å². The number of aryl methyl sites for hydroxylation is 1. The summed E-state index contributed by atoms with van der Waals surface area (Å²) in [6.07, 6.45) is 1.29. The predicted molar refractivity (Wildman–Crippen MR) is 68.8 cm³/mol. The van der Waals surface area contributed by atoms with Crippen LogP contribution in [-0.2, 0) is 4.74 Å². The van der Waals surface area contributed by atoms with E-state index in [-0.39, 0.29) is 12.5 Å². The van der Waals surface area contributed by atoms with E-state index in [0.717, 1.165) is 5.69 Å². The number of hydrogen-bond acceptors (Lipinski definition) is 4. The monoisotopic (exact) mass is 272 g/mol. The molecule has 100 valence electrons. The van der Waals surface area contributed by atoms with Crippen molar-refractivity contribution in [3.8, 4) is 0 Å². The van der Waals surface area contributed by atoms with Crippen LogP contribution in [0.2, 0.25) is 5.02 Å². The molecule has 0 aliphatic heterocycles. The van der Waals surface area contributed by atoms with Gasteiger partial charge in [-0.05, 0) is 19.4 Å². The molecule has 1 heterocycles. The minimum atomic E-state index is -0.582. The standard InChI is InChI=1S/C12H17ClN2O3/c1-8-5-11(13)10(6-15-8)12(17)14-4-3-9(16)7-18-2/h5-6,9,16H,3-4,7H2,1-2H3,(H,14,17). The van der Waals surface area contributed by atoms with Gasteiger partial charge in [-0.1, -0.05) is 11.6 Å². The van der Waals surface area contributed by atoms with Crippen LogP contribution in [0.4, 0.5) is 0 Å². The Morgan fingerprint density at radius 3 is 3.00 bits per heavy atom. The number of hydrogen-bond donors (Lipinski definition) is 2. The van der Waals surface area contributed by atoms with Gasteiger partial charge in [-0.25, -0.2) is 0 Å². The minimum Gasteiger partial charge on any atom is -0.391 e. The van der Waals surface area contributed by atoms with Crippen molar-refractivity contribution in [2.75, 3.05) is 20.3 Å². The summed E-state index contributed by atoms with van der Waals surface area (Å²) >= 11 is 5.95. The Balaban J connectivity index is 2.45. The van der Waals surface area contributed by atoms with Crippen molar-refractivity contribution in [2.45, 2.75) is 19.4 Å². The molecular weight excluding hydrogens is 256 g/mol. The first-order chi connectivity index (χ1) is 8.54. The van der Waals surface area contributed by atoms with E-state index in [1.807, 2.05) is 0 Å². The van der Waals surface area contributed by atoms with Crippen molar-refractivity contribution in [3.63, 3.8) is 0 Å². The lowest BCUT2D eigenvalue weighted by Gasteiger charge is -2.10. The number of ether oxygens (including phenoxy) is 1. The number of nitrogens with one attached hydrogen (secondary N) is 1. The Hall–Kier alpha value is -1.17. The number of aliphatic hydroxyl groups excluding tert-OH is 1. The zero-order chi connectivity index (χ0) is 13.5. The van der Waals surface area contributed by atoms with Gasteiger partial charge in [0, 0.05) is 25.5 Å². The predicted octanol–water partition coefficient (Wildman–Crippen LogP) is 1.17. The molecule has 5 nitrogen and oxygen atoms in total. The fourth-order valence-corrected chi connectivity index (χ4v) is 1.71. The van der Waals surface area contributed by atoms with Crippen molar-refractivity contribution in [1.29, 1.82) is 0 Å². The maximum absolute atomic E-state index is 11.8. The zero-order valence-electron chi connectivity index (χ0n) is 10.4. The van der Waals surface area contributed by atoms with E-state index in [1.165, 1.54) is 13.3 Å². The van der Waals surface area contributed by atoms with Crippen LogP contribution in [0.5, 0.6) is 0 Å². The van der Waals surface area contributed by atoms with Crippen LogP contribution < -0.4 is 5.32 Å². The third-order valence-corrected chi connectivity index (χ3v) is 2.67. The van der Waals surface area contributed by atoms with Crippen LogP contribution >= 0.6 is 11.6 Å². The number of methoxy groups -OCH3 is 1. The van der Waals surface area contributed by atoms with Crippen LogP contribution in [0.15, 0.2) is 12.3 Å². The second-order valence-corrected chi connectivity index (χ2v) is 4.37. The van der Waals surface area contributed by atoms with Gasteiger partial charge in [0.25, 0.3) is 5.91 Å². The molecule has 1 rings (SSSR count). The Labute approximate surface area is 111 Å². The second kappa shape index (κ2) is 7.31. The number of carbonyl (C=O) groups is 1. The topological polar surface area (TPSA) is 71.5 Å². The van der Waals surface area contributed by atoms with E-state index in [2.05, 4.69) is 10.3 Å². The Kier molecular flexibility index (Phi) is 6.04. The maximum Gasteiger partial charge on any atom is 0.254 e. The summed E-state index contributed by atoms with van der Waals surface area (Å²) in [6.45, 7) is 2.41. The highest BCUT2D eigenvalue weighted by Gasteiger charge is 2.11. The molecule has 0 spiro atoms. The highest BCUT2D eigenvalue weighted by atomic mass is 35.5. The highest BCUT2D eigenvalue weighted by molar-refractivity contribution is 6.33. The molecule has 1 unspecified atom stereocenters. The van der Waals surface area contributed by atoms with Gasteiger partial charge in [0.05, 0.1) is 23.3 Å². The number of nitrogens with zero attached hydrogens (tertiary/aromatic N) is 1. The summed E-state index contributed by atoms with van der Waals surface area (Å²) in [5.74, 6) is -0.294. The SMILES string of the molecule is COCC(O)CCNC(=O)c1cnc(C)cc1Cl. The summed E-state index contributed by atoms with van der Waals surface area (Å²) in [7, 11) is 1.51. The van der Waals surface area contributed by atoms with Gasteiger partial charge >= 0.3 is 0 Å². The fraction of sp³-hybridized carbons (Fsp3) is 0.500. The molecule has 0 bridgehead atoms. The average Bonchev–Trinajstić information content (AvgIpc) is 2.29. The summed E-state index contributed by atoms with van der Waals surface area (Å²) in [6, 6.07) is 1.64. The third kappa shape index (κ3) is 4.60. The molecule has 0 fully saturated rings. The normalized spacial score (nSPS) is 12.2. The average molecular weight is 273 g/mol. The summed E-state index contributed by atoms with van der Waals surface area (Å²) in [4.78, 5) is 15.8. The molecule has 2 N–H and O–H groups in total. The molecular formula is C12H17ClN2O3. The number of pyridine rings is 1. The van der Waals surface area contributed by atoms with Crippen molar-refractivity contribution < 1.29 is 14.6 Å². The molecule has 0 aliphatic carbocycles. The molecule has 0 radical (unpaired) electrons. The molecule has 6 heteroatoms. The quantitative estimate of drug-likeness (QED) is 0.815. The number of halogens is 1. The number of carbonyl (C=O) groups excluding carboxylic acids is 1.